The van der Waals surface area contributed by atoms with Crippen LogP contribution in [0.4, 0.5) is 0 Å². The molecule has 0 unspecified atom stereocenters. The Hall–Kier alpha value is -0.560. The van der Waals surface area contributed by atoms with Crippen molar-refractivity contribution in [3.63, 3.8) is 0 Å². The Labute approximate surface area is 186 Å². The van der Waals surface area contributed by atoms with E-state index < -0.39 is 0 Å². The number of rotatable bonds is 3. The lowest BCUT2D eigenvalue weighted by molar-refractivity contribution is -0.179. The van der Waals surface area contributed by atoms with E-state index in [1.165, 1.54) is 69.8 Å². The number of hydrogen-bond donors (Lipinski definition) is 0. The van der Waals surface area contributed by atoms with Crippen LogP contribution >= 0.6 is 0 Å². The van der Waals surface area contributed by atoms with E-state index in [0.29, 0.717) is 22.3 Å². The van der Waals surface area contributed by atoms with Gasteiger partial charge in [0.05, 0.1) is 11.7 Å². The van der Waals surface area contributed by atoms with Crippen LogP contribution in [0.1, 0.15) is 113 Å². The molecule has 1 heterocycles. The first-order chi connectivity index (χ1) is 14.1. The maximum atomic E-state index is 6.32. The van der Waals surface area contributed by atoms with Gasteiger partial charge in [-0.2, -0.15) is 0 Å². The third kappa shape index (κ3) is 2.69. The average Bonchev–Trinajstić information content (AvgIpc) is 3.22. The Morgan fingerprint density at radius 2 is 1.67 bits per heavy atom. The van der Waals surface area contributed by atoms with Crippen LogP contribution in [0.2, 0.25) is 0 Å². The summed E-state index contributed by atoms with van der Waals surface area (Å²) in [4.78, 5) is 0. The summed E-state index contributed by atoms with van der Waals surface area (Å²) in [6.07, 6.45) is 16.7. The smallest absolute Gasteiger partial charge is 0.0953 e. The fraction of sp³-hybridized carbons (Fsp3) is 0.862. The van der Waals surface area contributed by atoms with Gasteiger partial charge in [0.15, 0.2) is 0 Å². The van der Waals surface area contributed by atoms with E-state index >= 15 is 0 Å². The molecule has 0 N–H and O–H groups in total. The second-order valence-corrected chi connectivity index (χ2v) is 13.1. The van der Waals surface area contributed by atoms with Crippen molar-refractivity contribution in [2.75, 3.05) is 0 Å². The summed E-state index contributed by atoms with van der Waals surface area (Å²) in [6.45, 7) is 17.5. The molecule has 1 saturated heterocycles. The van der Waals surface area contributed by atoms with Crippen LogP contribution in [0, 0.1) is 34.0 Å². The van der Waals surface area contributed by atoms with E-state index in [1.807, 2.05) is 5.57 Å². The first kappa shape index (κ1) is 21.3. The minimum Gasteiger partial charge on any atom is -0.366 e. The van der Waals surface area contributed by atoms with Crippen LogP contribution in [0.3, 0.4) is 0 Å². The second-order valence-electron chi connectivity index (χ2n) is 13.1. The normalized spacial score (nSPS) is 53.2. The van der Waals surface area contributed by atoms with Crippen molar-refractivity contribution in [1.29, 1.82) is 0 Å². The zero-order chi connectivity index (χ0) is 21.5. The fourth-order valence-corrected chi connectivity index (χ4v) is 9.79. The van der Waals surface area contributed by atoms with Crippen LogP contribution in [0.15, 0.2) is 22.8 Å². The van der Waals surface area contributed by atoms with Gasteiger partial charge in [0.1, 0.15) is 0 Å². The quantitative estimate of drug-likeness (QED) is 0.337. The predicted octanol–water partition coefficient (Wildman–Crippen LogP) is 8.25. The number of hydrogen-bond acceptors (Lipinski definition) is 1. The molecule has 1 aliphatic heterocycles. The summed E-state index contributed by atoms with van der Waals surface area (Å²) in [6, 6.07) is 0. The molecule has 0 aromatic rings. The molecule has 5 aliphatic rings. The number of epoxide rings is 1. The summed E-state index contributed by atoms with van der Waals surface area (Å²) in [7, 11) is 0. The van der Waals surface area contributed by atoms with Crippen molar-refractivity contribution in [3.05, 3.63) is 22.8 Å². The molecule has 0 aromatic heterocycles. The van der Waals surface area contributed by atoms with Crippen LogP contribution in [-0.2, 0) is 4.74 Å². The summed E-state index contributed by atoms with van der Waals surface area (Å²) >= 11 is 0. The Morgan fingerprint density at radius 3 is 2.40 bits per heavy atom. The van der Waals surface area contributed by atoms with Crippen LogP contribution in [-0.4, -0.2) is 11.7 Å². The maximum Gasteiger partial charge on any atom is 0.0953 e. The standard InChI is InChI=1S/C29H46O/c1-19(2)9-8-10-20(3)21-13-17-27(5)22(21)11-12-23-26(4)16-15-25-29(7,30-25)24(26)14-18-28(23,27)6/h9,22-25H,8,10-18H2,1-7H3/b21-20-/t22-,23-,24+,25-,26+,27-,28-,29+/m0/s1. The molecule has 0 spiro atoms. The van der Waals surface area contributed by atoms with Gasteiger partial charge in [-0.3, -0.25) is 0 Å². The van der Waals surface area contributed by atoms with Gasteiger partial charge < -0.3 is 4.74 Å². The molecule has 30 heavy (non-hydrogen) atoms. The number of ether oxygens (including phenoxy) is 1. The summed E-state index contributed by atoms with van der Waals surface area (Å²) < 4.78 is 6.32. The molecule has 5 rings (SSSR count). The third-order valence-electron chi connectivity index (χ3n) is 11.7. The van der Waals surface area contributed by atoms with Gasteiger partial charge in [-0.15, -0.1) is 0 Å². The molecule has 0 bridgehead atoms. The summed E-state index contributed by atoms with van der Waals surface area (Å²) in [5.41, 5.74) is 6.77. The van der Waals surface area contributed by atoms with Gasteiger partial charge in [0, 0.05) is 0 Å². The summed E-state index contributed by atoms with van der Waals surface area (Å²) in [5.74, 6) is 2.52. The Morgan fingerprint density at radius 1 is 0.900 bits per heavy atom. The highest BCUT2D eigenvalue weighted by molar-refractivity contribution is 5.29. The topological polar surface area (TPSA) is 12.5 Å². The Bertz CT molecular complexity index is 786. The molecule has 0 amide bonds. The van der Waals surface area contributed by atoms with Crippen molar-refractivity contribution < 1.29 is 4.74 Å². The van der Waals surface area contributed by atoms with Gasteiger partial charge in [0.25, 0.3) is 0 Å². The summed E-state index contributed by atoms with van der Waals surface area (Å²) in [5, 5.41) is 0. The highest BCUT2D eigenvalue weighted by Crippen LogP contribution is 2.76. The highest BCUT2D eigenvalue weighted by atomic mass is 16.6. The molecule has 1 nitrogen and oxygen atoms in total. The second kappa shape index (κ2) is 6.72. The minimum absolute atomic E-state index is 0.217. The first-order valence-corrected chi connectivity index (χ1v) is 13.1. The van der Waals surface area contributed by atoms with E-state index in [2.05, 4.69) is 54.5 Å². The van der Waals surface area contributed by atoms with Crippen molar-refractivity contribution in [1.82, 2.24) is 0 Å². The van der Waals surface area contributed by atoms with E-state index in [9.17, 15) is 0 Å². The molecule has 8 atom stereocenters. The maximum absolute atomic E-state index is 6.32. The van der Waals surface area contributed by atoms with Crippen LogP contribution < -0.4 is 0 Å². The van der Waals surface area contributed by atoms with E-state index in [1.54, 1.807) is 5.57 Å². The van der Waals surface area contributed by atoms with Gasteiger partial charge in [-0.25, -0.2) is 0 Å². The molecular formula is C29H46O. The molecule has 4 saturated carbocycles. The highest BCUT2D eigenvalue weighted by Gasteiger charge is 2.72. The van der Waals surface area contributed by atoms with Gasteiger partial charge in [-0.1, -0.05) is 43.6 Å². The zero-order valence-corrected chi connectivity index (χ0v) is 20.9. The zero-order valence-electron chi connectivity index (χ0n) is 20.9. The lowest BCUT2D eigenvalue weighted by Crippen LogP contribution is -2.61. The van der Waals surface area contributed by atoms with Crippen molar-refractivity contribution in [2.45, 2.75) is 124 Å². The molecule has 0 aromatic carbocycles. The SMILES string of the molecule is CC(C)=CCC/C(C)=C1/CC[C@@]2(C)[C@H]1CC[C@H]1[C@@]3(C)CC[C@@H]4O[C@]4(C)[C@@H]3CC[C@@]12C. The predicted molar refractivity (Wildman–Crippen MR) is 126 cm³/mol. The Balaban J connectivity index is 1.44. The Kier molecular flexibility index (Phi) is 4.77. The average molecular weight is 411 g/mol. The third-order valence-corrected chi connectivity index (χ3v) is 11.7. The van der Waals surface area contributed by atoms with Gasteiger partial charge in [0.2, 0.25) is 0 Å². The molecular weight excluding hydrogens is 364 g/mol. The molecule has 168 valence electrons. The minimum atomic E-state index is 0.217. The first-order valence-electron chi connectivity index (χ1n) is 13.1. The largest absolute Gasteiger partial charge is 0.366 e. The molecule has 0 radical (unpaired) electrons. The van der Waals surface area contributed by atoms with Crippen molar-refractivity contribution in [3.8, 4) is 0 Å². The monoisotopic (exact) mass is 410 g/mol. The lowest BCUT2D eigenvalue weighted by atomic mass is 9.37. The van der Waals surface area contributed by atoms with E-state index in [4.69, 9.17) is 4.74 Å². The fourth-order valence-electron chi connectivity index (χ4n) is 9.79. The molecule has 5 fully saturated rings. The van der Waals surface area contributed by atoms with Crippen LogP contribution in [0.5, 0.6) is 0 Å². The van der Waals surface area contributed by atoms with Gasteiger partial charge >= 0.3 is 0 Å². The van der Waals surface area contributed by atoms with Crippen LogP contribution in [0.25, 0.3) is 0 Å². The molecule has 1 heteroatoms. The van der Waals surface area contributed by atoms with Gasteiger partial charge in [-0.05, 0) is 126 Å². The molecule has 4 aliphatic carbocycles. The van der Waals surface area contributed by atoms with Crippen molar-refractivity contribution >= 4 is 0 Å². The van der Waals surface area contributed by atoms with E-state index in [-0.39, 0.29) is 5.60 Å². The van der Waals surface area contributed by atoms with Crippen molar-refractivity contribution in [2.24, 2.45) is 34.0 Å². The van der Waals surface area contributed by atoms with E-state index in [0.717, 1.165) is 17.8 Å². The number of allylic oxidation sites excluding steroid dienone is 4. The number of fused-ring (bicyclic) bond motifs is 7. The lowest BCUT2D eigenvalue weighted by Gasteiger charge is -2.67.